The summed E-state index contributed by atoms with van der Waals surface area (Å²) in [6.07, 6.45) is 1.72. The molecule has 0 aromatic carbocycles. The molecule has 0 radical (unpaired) electrons. The van der Waals surface area contributed by atoms with Crippen molar-refractivity contribution in [2.75, 3.05) is 13.2 Å². The molecule has 6 nitrogen and oxygen atoms in total. The number of nitrogens with zero attached hydrogens (tertiary/aromatic N) is 3. The molecule has 1 saturated heterocycles. The highest BCUT2D eigenvalue weighted by Gasteiger charge is 2.20. The first-order valence-corrected chi connectivity index (χ1v) is 6.86. The summed E-state index contributed by atoms with van der Waals surface area (Å²) in [6.45, 7) is 1.48. The summed E-state index contributed by atoms with van der Waals surface area (Å²) in [4.78, 5) is 15.0. The molecular weight excluding hydrogens is 282 g/mol. The summed E-state index contributed by atoms with van der Waals surface area (Å²) in [7, 11) is 0. The van der Waals surface area contributed by atoms with E-state index in [1.165, 1.54) is 0 Å². The van der Waals surface area contributed by atoms with Crippen LogP contribution < -0.4 is 0 Å². The van der Waals surface area contributed by atoms with E-state index in [9.17, 15) is 4.79 Å². The van der Waals surface area contributed by atoms with Gasteiger partial charge >= 0.3 is 5.97 Å². The van der Waals surface area contributed by atoms with Crippen LogP contribution in [0.2, 0.25) is 5.15 Å². The van der Waals surface area contributed by atoms with Gasteiger partial charge in [0.05, 0.1) is 17.8 Å². The van der Waals surface area contributed by atoms with Crippen molar-refractivity contribution >= 4 is 23.2 Å². The third kappa shape index (κ3) is 2.62. The average molecular weight is 296 g/mol. The number of aliphatic carboxylic acids is 1. The lowest BCUT2D eigenvalue weighted by atomic mass is 9.97. The summed E-state index contributed by atoms with van der Waals surface area (Å²) in [6, 6.07) is 3.43. The van der Waals surface area contributed by atoms with Crippen LogP contribution in [-0.4, -0.2) is 38.9 Å². The lowest BCUT2D eigenvalue weighted by Gasteiger charge is -2.19. The molecular formula is C13H14ClN3O3. The molecule has 1 fully saturated rings. The minimum atomic E-state index is -0.929. The molecule has 3 rings (SSSR count). The predicted octanol–water partition coefficient (Wildman–Crippen LogP) is 1.90. The van der Waals surface area contributed by atoms with Crippen molar-refractivity contribution in [3.63, 3.8) is 0 Å². The third-order valence-electron chi connectivity index (χ3n) is 3.43. The summed E-state index contributed by atoms with van der Waals surface area (Å²) in [5.74, 6) is -0.577. The molecule has 0 saturated carbocycles. The van der Waals surface area contributed by atoms with Gasteiger partial charge in [0, 0.05) is 25.2 Å². The van der Waals surface area contributed by atoms with Gasteiger partial charge in [-0.2, -0.15) is 5.10 Å². The van der Waals surface area contributed by atoms with Crippen LogP contribution in [0, 0.1) is 0 Å². The van der Waals surface area contributed by atoms with Gasteiger partial charge in [0.25, 0.3) is 0 Å². The van der Waals surface area contributed by atoms with Gasteiger partial charge in [-0.1, -0.05) is 11.6 Å². The number of hydrogen-bond donors (Lipinski definition) is 1. The largest absolute Gasteiger partial charge is 0.481 e. The summed E-state index contributed by atoms with van der Waals surface area (Å²) in [5, 5.41) is 13.7. The molecule has 2 aromatic heterocycles. The van der Waals surface area contributed by atoms with Gasteiger partial charge in [0.2, 0.25) is 0 Å². The molecule has 3 heterocycles. The quantitative estimate of drug-likeness (QED) is 0.875. The zero-order chi connectivity index (χ0) is 14.1. The van der Waals surface area contributed by atoms with Crippen LogP contribution in [0.25, 0.3) is 5.65 Å². The fourth-order valence-corrected chi connectivity index (χ4v) is 2.69. The topological polar surface area (TPSA) is 76.7 Å². The first-order chi connectivity index (χ1) is 9.63. The minimum absolute atomic E-state index is 0.145. The van der Waals surface area contributed by atoms with Gasteiger partial charge in [-0.25, -0.2) is 9.50 Å². The van der Waals surface area contributed by atoms with Crippen molar-refractivity contribution in [3.05, 3.63) is 28.7 Å². The lowest BCUT2D eigenvalue weighted by molar-refractivity contribution is -0.136. The van der Waals surface area contributed by atoms with Gasteiger partial charge in [-0.15, -0.1) is 0 Å². The Kier molecular flexibility index (Phi) is 3.58. The number of carbonyl (C=O) groups is 1. The van der Waals surface area contributed by atoms with Crippen LogP contribution in [0.15, 0.2) is 12.1 Å². The molecule has 2 aromatic rings. The minimum Gasteiger partial charge on any atom is -0.481 e. The Morgan fingerprint density at radius 2 is 2.20 bits per heavy atom. The number of hydrogen-bond acceptors (Lipinski definition) is 4. The molecule has 0 spiro atoms. The van der Waals surface area contributed by atoms with E-state index in [1.807, 2.05) is 6.07 Å². The van der Waals surface area contributed by atoms with Crippen molar-refractivity contribution in [2.24, 2.45) is 0 Å². The second kappa shape index (κ2) is 5.38. The molecule has 0 amide bonds. The van der Waals surface area contributed by atoms with Gasteiger partial charge in [-0.3, -0.25) is 4.79 Å². The maximum absolute atomic E-state index is 10.7. The Morgan fingerprint density at radius 3 is 2.90 bits per heavy atom. The van der Waals surface area contributed by atoms with Gasteiger partial charge in [0.1, 0.15) is 5.15 Å². The predicted molar refractivity (Wildman–Crippen MR) is 72.1 cm³/mol. The standard InChI is InChI=1S/C13H14ClN3O3/c14-11-5-9(6-13(18)19)15-12-7-10(16-17(11)12)8-1-3-20-4-2-8/h5,7-8H,1-4,6H2,(H,18,19). The number of fused-ring (bicyclic) bond motifs is 1. The monoisotopic (exact) mass is 295 g/mol. The normalized spacial score (nSPS) is 16.6. The van der Waals surface area contributed by atoms with Crippen molar-refractivity contribution < 1.29 is 14.6 Å². The first-order valence-electron chi connectivity index (χ1n) is 6.48. The van der Waals surface area contributed by atoms with Crippen LogP contribution >= 0.6 is 11.6 Å². The Bertz CT molecular complexity index is 650. The zero-order valence-corrected chi connectivity index (χ0v) is 11.5. The highest BCUT2D eigenvalue weighted by atomic mass is 35.5. The number of ether oxygens (including phenoxy) is 1. The molecule has 0 aliphatic carbocycles. The molecule has 1 N–H and O–H groups in total. The van der Waals surface area contributed by atoms with Crippen molar-refractivity contribution in [3.8, 4) is 0 Å². The van der Waals surface area contributed by atoms with Crippen molar-refractivity contribution in [1.82, 2.24) is 14.6 Å². The molecule has 1 aliphatic rings. The fourth-order valence-electron chi connectivity index (χ4n) is 2.44. The fraction of sp³-hybridized carbons (Fsp3) is 0.462. The summed E-state index contributed by atoms with van der Waals surface area (Å²) < 4.78 is 6.89. The van der Waals surface area contributed by atoms with Crippen LogP contribution in [0.3, 0.4) is 0 Å². The van der Waals surface area contributed by atoms with Crippen LogP contribution in [0.4, 0.5) is 0 Å². The molecule has 0 unspecified atom stereocenters. The lowest BCUT2D eigenvalue weighted by Crippen LogP contribution is -2.14. The van der Waals surface area contributed by atoms with E-state index in [2.05, 4.69) is 10.1 Å². The molecule has 7 heteroatoms. The molecule has 106 valence electrons. The molecule has 20 heavy (non-hydrogen) atoms. The number of aromatic nitrogens is 3. The van der Waals surface area contributed by atoms with Crippen LogP contribution in [-0.2, 0) is 16.0 Å². The third-order valence-corrected chi connectivity index (χ3v) is 3.70. The Balaban J connectivity index is 1.97. The van der Waals surface area contributed by atoms with E-state index in [4.69, 9.17) is 21.4 Å². The van der Waals surface area contributed by atoms with Gasteiger partial charge in [0.15, 0.2) is 5.65 Å². The smallest absolute Gasteiger partial charge is 0.309 e. The highest BCUT2D eigenvalue weighted by Crippen LogP contribution is 2.27. The maximum Gasteiger partial charge on any atom is 0.309 e. The second-order valence-electron chi connectivity index (χ2n) is 4.87. The molecule has 1 aliphatic heterocycles. The number of carboxylic acids is 1. The van der Waals surface area contributed by atoms with E-state index >= 15 is 0 Å². The van der Waals surface area contributed by atoms with E-state index in [1.54, 1.807) is 10.6 Å². The van der Waals surface area contributed by atoms with E-state index in [-0.39, 0.29) is 6.42 Å². The zero-order valence-electron chi connectivity index (χ0n) is 10.8. The summed E-state index contributed by atoms with van der Waals surface area (Å²) in [5.41, 5.74) is 1.97. The first kappa shape index (κ1) is 13.3. The van der Waals surface area contributed by atoms with E-state index in [0.29, 0.717) is 22.4 Å². The molecule has 0 bridgehead atoms. The Labute approximate surface area is 120 Å². The molecule has 0 atom stereocenters. The van der Waals surface area contributed by atoms with Crippen molar-refractivity contribution in [1.29, 1.82) is 0 Å². The Morgan fingerprint density at radius 1 is 1.45 bits per heavy atom. The summed E-state index contributed by atoms with van der Waals surface area (Å²) >= 11 is 6.14. The van der Waals surface area contributed by atoms with E-state index < -0.39 is 5.97 Å². The van der Waals surface area contributed by atoms with Gasteiger partial charge in [-0.05, 0) is 18.9 Å². The van der Waals surface area contributed by atoms with Crippen LogP contribution in [0.1, 0.15) is 30.1 Å². The van der Waals surface area contributed by atoms with Gasteiger partial charge < -0.3 is 9.84 Å². The van der Waals surface area contributed by atoms with Crippen molar-refractivity contribution in [2.45, 2.75) is 25.2 Å². The maximum atomic E-state index is 10.7. The number of carboxylic acid groups (broad SMARTS) is 1. The Hall–Kier alpha value is -1.66. The highest BCUT2D eigenvalue weighted by molar-refractivity contribution is 6.29. The number of halogens is 1. The SMILES string of the molecule is O=C(O)Cc1cc(Cl)n2nc(C3CCOCC3)cc2n1. The van der Waals surface area contributed by atoms with Crippen LogP contribution in [0.5, 0.6) is 0 Å². The second-order valence-corrected chi connectivity index (χ2v) is 5.25. The number of rotatable bonds is 3. The van der Waals surface area contributed by atoms with E-state index in [0.717, 1.165) is 31.7 Å². The average Bonchev–Trinajstić information content (AvgIpc) is 2.83.